The summed E-state index contributed by atoms with van der Waals surface area (Å²) in [6, 6.07) is 17.9. The van der Waals surface area contributed by atoms with Crippen LogP contribution in [0.25, 0.3) is 0 Å². The van der Waals surface area contributed by atoms with Gasteiger partial charge in [-0.2, -0.15) is 0 Å². The molecule has 0 aliphatic carbocycles. The molecule has 3 rings (SSSR count). The lowest BCUT2D eigenvalue weighted by atomic mass is 10.1. The summed E-state index contributed by atoms with van der Waals surface area (Å²) in [5.74, 6) is -0.166. The molecule has 0 saturated heterocycles. The maximum absolute atomic E-state index is 13.1. The number of hydrogen-bond acceptors (Lipinski definition) is 4. The highest BCUT2D eigenvalue weighted by atomic mass is 32.2. The topological polar surface area (TPSA) is 75.7 Å². The van der Waals surface area contributed by atoms with Crippen LogP contribution >= 0.6 is 0 Å². The minimum absolute atomic E-state index is 0.107. The summed E-state index contributed by atoms with van der Waals surface area (Å²) in [7, 11) is -0.888. The van der Waals surface area contributed by atoms with Crippen LogP contribution in [0.5, 0.6) is 5.75 Å². The van der Waals surface area contributed by atoms with Crippen molar-refractivity contribution in [3.63, 3.8) is 0 Å². The van der Waals surface area contributed by atoms with Gasteiger partial charge in [0.25, 0.3) is 15.9 Å². The first-order valence-electron chi connectivity index (χ1n) is 9.52. The van der Waals surface area contributed by atoms with E-state index in [1.807, 2.05) is 0 Å². The number of carbonyl (C=O) groups excluding carboxylic acids is 1. The van der Waals surface area contributed by atoms with Gasteiger partial charge >= 0.3 is 0 Å². The van der Waals surface area contributed by atoms with Crippen molar-refractivity contribution in [1.29, 1.82) is 0 Å². The van der Waals surface area contributed by atoms with Crippen molar-refractivity contribution in [2.24, 2.45) is 0 Å². The third-order valence-electron chi connectivity index (χ3n) is 4.91. The van der Waals surface area contributed by atoms with Gasteiger partial charge < -0.3 is 10.1 Å². The van der Waals surface area contributed by atoms with Crippen molar-refractivity contribution in [2.45, 2.75) is 17.9 Å². The molecule has 8 heteroatoms. The van der Waals surface area contributed by atoms with Crippen LogP contribution in [0.1, 0.15) is 28.9 Å². The van der Waals surface area contributed by atoms with E-state index in [0.29, 0.717) is 17.0 Å². The Morgan fingerprint density at radius 1 is 1.03 bits per heavy atom. The molecular formula is C23H23FN2O4S. The van der Waals surface area contributed by atoms with E-state index in [2.05, 4.69) is 5.32 Å². The Hall–Kier alpha value is -3.39. The number of halogens is 1. The fourth-order valence-corrected chi connectivity index (χ4v) is 4.19. The fourth-order valence-electron chi connectivity index (χ4n) is 3.00. The Kier molecular flexibility index (Phi) is 6.60. The van der Waals surface area contributed by atoms with Crippen molar-refractivity contribution < 1.29 is 22.3 Å². The van der Waals surface area contributed by atoms with Crippen LogP contribution in [0, 0.1) is 5.82 Å². The highest BCUT2D eigenvalue weighted by molar-refractivity contribution is 7.92. The Labute approximate surface area is 181 Å². The zero-order valence-corrected chi connectivity index (χ0v) is 18.2. The summed E-state index contributed by atoms with van der Waals surface area (Å²) >= 11 is 0. The van der Waals surface area contributed by atoms with E-state index in [0.717, 1.165) is 9.87 Å². The third kappa shape index (κ3) is 5.03. The number of ether oxygens (including phenoxy) is 1. The molecule has 1 atom stereocenters. The van der Waals surface area contributed by atoms with E-state index in [9.17, 15) is 17.6 Å². The number of hydrogen-bond donors (Lipinski definition) is 1. The average molecular weight is 443 g/mol. The summed E-state index contributed by atoms with van der Waals surface area (Å²) in [5.41, 5.74) is 1.41. The second-order valence-corrected chi connectivity index (χ2v) is 8.91. The van der Waals surface area contributed by atoms with Crippen LogP contribution in [0.4, 0.5) is 10.1 Å². The van der Waals surface area contributed by atoms with Crippen LogP contribution in [0.3, 0.4) is 0 Å². The van der Waals surface area contributed by atoms with Gasteiger partial charge in [0.15, 0.2) is 0 Å². The molecular weight excluding hydrogens is 419 g/mol. The monoisotopic (exact) mass is 442 g/mol. The molecule has 0 aliphatic heterocycles. The van der Waals surface area contributed by atoms with Gasteiger partial charge in [0, 0.05) is 12.6 Å². The smallest absolute Gasteiger partial charge is 0.264 e. The lowest BCUT2D eigenvalue weighted by Crippen LogP contribution is -2.28. The predicted molar refractivity (Wildman–Crippen MR) is 117 cm³/mol. The van der Waals surface area contributed by atoms with Crippen LogP contribution in [-0.2, 0) is 10.0 Å². The number of amides is 1. The molecule has 0 aromatic heterocycles. The predicted octanol–water partition coefficient (Wildman–Crippen LogP) is 4.15. The summed E-state index contributed by atoms with van der Waals surface area (Å²) in [5, 5.41) is 2.84. The molecule has 6 nitrogen and oxygen atoms in total. The van der Waals surface area contributed by atoms with Crippen LogP contribution in [-0.4, -0.2) is 28.5 Å². The molecule has 1 amide bonds. The van der Waals surface area contributed by atoms with Crippen molar-refractivity contribution in [3.8, 4) is 5.75 Å². The first-order valence-corrected chi connectivity index (χ1v) is 11.0. The van der Waals surface area contributed by atoms with Crippen LogP contribution in [0.2, 0.25) is 0 Å². The number of methoxy groups -OCH3 is 1. The lowest BCUT2D eigenvalue weighted by Gasteiger charge is -2.21. The maximum Gasteiger partial charge on any atom is 0.264 e. The van der Waals surface area contributed by atoms with E-state index in [1.165, 1.54) is 44.5 Å². The lowest BCUT2D eigenvalue weighted by molar-refractivity contribution is 0.0940. The second kappa shape index (κ2) is 9.18. The van der Waals surface area contributed by atoms with Crippen molar-refractivity contribution in [3.05, 3.63) is 89.7 Å². The Balaban J connectivity index is 1.79. The summed E-state index contributed by atoms with van der Waals surface area (Å²) in [4.78, 5) is 12.8. The first kappa shape index (κ1) is 22.3. The highest BCUT2D eigenvalue weighted by Crippen LogP contribution is 2.25. The molecule has 0 bridgehead atoms. The summed E-state index contributed by atoms with van der Waals surface area (Å²) in [6.45, 7) is 1.79. The number of nitrogens with one attached hydrogen (secondary N) is 1. The standard InChI is InChI=1S/C23H23FN2O4S/c1-16(17-7-9-19(24)10-8-17)25-23(27)18-5-4-6-20(15-18)26(2)31(28,29)22-13-11-21(30-3)12-14-22/h4-16H,1-3H3,(H,25,27). The quantitative estimate of drug-likeness (QED) is 0.596. The van der Waals surface area contributed by atoms with Crippen LogP contribution < -0.4 is 14.4 Å². The normalized spacial score (nSPS) is 12.1. The van der Waals surface area contributed by atoms with Crippen molar-refractivity contribution in [1.82, 2.24) is 5.32 Å². The van der Waals surface area contributed by atoms with Crippen molar-refractivity contribution >= 4 is 21.6 Å². The zero-order valence-electron chi connectivity index (χ0n) is 17.4. The maximum atomic E-state index is 13.1. The molecule has 31 heavy (non-hydrogen) atoms. The number of sulfonamides is 1. The number of rotatable bonds is 7. The summed E-state index contributed by atoms with van der Waals surface area (Å²) in [6.07, 6.45) is 0. The average Bonchev–Trinajstić information content (AvgIpc) is 2.79. The van der Waals surface area contributed by atoms with Gasteiger partial charge in [-0.3, -0.25) is 9.10 Å². The van der Waals surface area contributed by atoms with Gasteiger partial charge in [0.05, 0.1) is 23.7 Å². The molecule has 3 aromatic rings. The Morgan fingerprint density at radius 2 is 1.68 bits per heavy atom. The molecule has 0 heterocycles. The SMILES string of the molecule is COc1ccc(S(=O)(=O)N(C)c2cccc(C(=O)NC(C)c3ccc(F)cc3)c2)cc1. The summed E-state index contributed by atoms with van der Waals surface area (Å²) < 4.78 is 45.2. The minimum Gasteiger partial charge on any atom is -0.497 e. The second-order valence-electron chi connectivity index (χ2n) is 6.95. The number of carbonyl (C=O) groups is 1. The Morgan fingerprint density at radius 3 is 2.29 bits per heavy atom. The minimum atomic E-state index is -3.82. The van der Waals surface area contributed by atoms with E-state index in [-0.39, 0.29) is 22.7 Å². The van der Waals surface area contributed by atoms with Gasteiger partial charge in [-0.25, -0.2) is 12.8 Å². The van der Waals surface area contributed by atoms with Gasteiger partial charge in [0.1, 0.15) is 11.6 Å². The van der Waals surface area contributed by atoms with Gasteiger partial charge in [-0.15, -0.1) is 0 Å². The molecule has 0 aliphatic rings. The molecule has 3 aromatic carbocycles. The van der Waals surface area contributed by atoms with Gasteiger partial charge in [0.2, 0.25) is 0 Å². The van der Waals surface area contributed by atoms with E-state index in [1.54, 1.807) is 49.4 Å². The third-order valence-corrected chi connectivity index (χ3v) is 6.71. The molecule has 1 unspecified atom stereocenters. The Bertz CT molecular complexity index is 1160. The molecule has 0 radical (unpaired) electrons. The number of anilines is 1. The molecule has 0 spiro atoms. The molecule has 0 saturated carbocycles. The zero-order chi connectivity index (χ0) is 22.6. The van der Waals surface area contributed by atoms with E-state index >= 15 is 0 Å². The highest BCUT2D eigenvalue weighted by Gasteiger charge is 2.22. The molecule has 162 valence electrons. The molecule has 1 N–H and O–H groups in total. The molecule has 0 fully saturated rings. The van der Waals surface area contributed by atoms with Crippen molar-refractivity contribution in [2.75, 3.05) is 18.5 Å². The first-order chi connectivity index (χ1) is 14.7. The number of nitrogens with zero attached hydrogens (tertiary/aromatic N) is 1. The van der Waals surface area contributed by atoms with Gasteiger partial charge in [-0.05, 0) is 67.1 Å². The van der Waals surface area contributed by atoms with E-state index in [4.69, 9.17) is 4.74 Å². The van der Waals surface area contributed by atoms with Gasteiger partial charge in [-0.1, -0.05) is 18.2 Å². The van der Waals surface area contributed by atoms with Crippen LogP contribution in [0.15, 0.2) is 77.7 Å². The largest absolute Gasteiger partial charge is 0.497 e. The fraction of sp³-hybridized carbons (Fsp3) is 0.174. The number of benzene rings is 3. The van der Waals surface area contributed by atoms with E-state index < -0.39 is 10.0 Å².